The lowest BCUT2D eigenvalue weighted by Gasteiger charge is -2.26. The lowest BCUT2D eigenvalue weighted by atomic mass is 9.96. The number of hydrogen-bond acceptors (Lipinski definition) is 2. The van der Waals surface area contributed by atoms with Gasteiger partial charge in [0.05, 0.1) is 11.0 Å². The Morgan fingerprint density at radius 3 is 1.80 bits per heavy atom. The highest BCUT2D eigenvalue weighted by Crippen LogP contribution is 2.41. The molecule has 0 amide bonds. The summed E-state index contributed by atoms with van der Waals surface area (Å²) in [6.45, 7) is 0. The van der Waals surface area contributed by atoms with Gasteiger partial charge in [0, 0.05) is 50.4 Å². The second-order valence-electron chi connectivity index (χ2n) is 12.6. The summed E-state index contributed by atoms with van der Waals surface area (Å²) in [5, 5.41) is 7.20. The highest BCUT2D eigenvalue weighted by Gasteiger charge is 2.18. The van der Waals surface area contributed by atoms with Crippen LogP contribution in [0.4, 0.5) is 17.1 Å². The number of aromatic nitrogens is 1. The molecule has 0 aliphatic heterocycles. The predicted octanol–water partition coefficient (Wildman–Crippen LogP) is 13.0. The lowest BCUT2D eigenvalue weighted by molar-refractivity contribution is 0.669. The Morgan fingerprint density at radius 2 is 1.00 bits per heavy atom. The normalized spacial score (nSPS) is 11.7. The van der Waals surface area contributed by atoms with E-state index in [-0.39, 0.29) is 0 Å². The summed E-state index contributed by atoms with van der Waals surface area (Å²) < 4.78 is 8.74. The van der Waals surface area contributed by atoms with Crippen molar-refractivity contribution in [3.8, 4) is 16.8 Å². The van der Waals surface area contributed by atoms with Crippen molar-refractivity contribution in [3.05, 3.63) is 182 Å². The van der Waals surface area contributed by atoms with Gasteiger partial charge in [-0.05, 0) is 88.6 Å². The van der Waals surface area contributed by atoms with Crippen molar-refractivity contribution in [2.45, 2.75) is 0 Å². The molecule has 8 aromatic carbocycles. The Balaban J connectivity index is 1.18. The SMILES string of the molecule is c1ccc(N(c2cccc(-c3cc(-n4c5ccccc5c5ccccc54)cc4ccccc34)c2)c2ccc3c(c2)oc2ccccc23)cc1. The van der Waals surface area contributed by atoms with Crippen molar-refractivity contribution < 1.29 is 4.42 Å². The van der Waals surface area contributed by atoms with Crippen LogP contribution in [0.25, 0.3) is 71.3 Å². The zero-order valence-corrected chi connectivity index (χ0v) is 26.6. The Bertz CT molecular complexity index is 2790. The molecule has 0 spiro atoms. The molecule has 230 valence electrons. The molecule has 3 heteroatoms. The second-order valence-corrected chi connectivity index (χ2v) is 12.6. The molecule has 0 N–H and O–H groups in total. The molecule has 2 heterocycles. The number of furan rings is 1. The third-order valence-electron chi connectivity index (χ3n) is 9.74. The molecule has 0 saturated heterocycles. The first-order valence-corrected chi connectivity index (χ1v) is 16.7. The smallest absolute Gasteiger partial charge is 0.137 e. The number of benzene rings is 8. The number of fused-ring (bicyclic) bond motifs is 7. The van der Waals surface area contributed by atoms with Crippen LogP contribution in [-0.4, -0.2) is 4.57 Å². The Kier molecular flexibility index (Phi) is 6.18. The summed E-state index contributed by atoms with van der Waals surface area (Å²) in [5.74, 6) is 0. The van der Waals surface area contributed by atoms with E-state index < -0.39 is 0 Å². The zero-order chi connectivity index (χ0) is 32.3. The van der Waals surface area contributed by atoms with Crippen LogP contribution in [0.3, 0.4) is 0 Å². The van der Waals surface area contributed by atoms with Crippen LogP contribution in [0.5, 0.6) is 0 Å². The van der Waals surface area contributed by atoms with Crippen molar-refractivity contribution in [2.24, 2.45) is 0 Å². The molecule has 0 aliphatic carbocycles. The van der Waals surface area contributed by atoms with Crippen molar-refractivity contribution >= 4 is 71.6 Å². The fourth-order valence-corrected chi connectivity index (χ4v) is 7.55. The molecule has 0 fully saturated rings. The van der Waals surface area contributed by atoms with Crippen molar-refractivity contribution in [1.82, 2.24) is 4.57 Å². The van der Waals surface area contributed by atoms with Gasteiger partial charge < -0.3 is 13.9 Å². The quantitative estimate of drug-likeness (QED) is 0.190. The summed E-state index contributed by atoms with van der Waals surface area (Å²) in [7, 11) is 0. The summed E-state index contributed by atoms with van der Waals surface area (Å²) >= 11 is 0. The Hall–Kier alpha value is -6.58. The van der Waals surface area contributed by atoms with E-state index in [4.69, 9.17) is 4.42 Å². The van der Waals surface area contributed by atoms with Crippen LogP contribution in [0.1, 0.15) is 0 Å². The summed E-state index contributed by atoms with van der Waals surface area (Å²) in [5.41, 5.74) is 10.9. The maximum Gasteiger partial charge on any atom is 0.137 e. The van der Waals surface area contributed by atoms with Crippen molar-refractivity contribution in [2.75, 3.05) is 4.90 Å². The average molecular weight is 627 g/mol. The molecule has 10 aromatic rings. The van der Waals surface area contributed by atoms with Crippen LogP contribution < -0.4 is 4.90 Å². The van der Waals surface area contributed by atoms with Crippen LogP contribution >= 0.6 is 0 Å². The zero-order valence-electron chi connectivity index (χ0n) is 26.6. The first-order chi connectivity index (χ1) is 24.3. The highest BCUT2D eigenvalue weighted by atomic mass is 16.3. The molecular formula is C46H30N2O. The number of rotatable bonds is 5. The van der Waals surface area contributed by atoms with Crippen LogP contribution in [0.2, 0.25) is 0 Å². The van der Waals surface area contributed by atoms with E-state index in [1.54, 1.807) is 0 Å². The summed E-state index contributed by atoms with van der Waals surface area (Å²) in [6.07, 6.45) is 0. The van der Waals surface area contributed by atoms with Gasteiger partial charge in [-0.25, -0.2) is 0 Å². The highest BCUT2D eigenvalue weighted by molar-refractivity contribution is 6.10. The molecule has 0 unspecified atom stereocenters. The minimum absolute atomic E-state index is 0.876. The maximum atomic E-state index is 6.34. The van der Waals surface area contributed by atoms with Gasteiger partial charge in [0.2, 0.25) is 0 Å². The van der Waals surface area contributed by atoms with Gasteiger partial charge in [-0.1, -0.05) is 109 Å². The number of para-hydroxylation sites is 4. The first-order valence-electron chi connectivity index (χ1n) is 16.7. The average Bonchev–Trinajstić information content (AvgIpc) is 3.71. The monoisotopic (exact) mass is 626 g/mol. The molecule has 49 heavy (non-hydrogen) atoms. The van der Waals surface area contributed by atoms with Crippen LogP contribution in [0, 0.1) is 0 Å². The van der Waals surface area contributed by atoms with Gasteiger partial charge >= 0.3 is 0 Å². The largest absolute Gasteiger partial charge is 0.456 e. The number of nitrogens with zero attached hydrogens (tertiary/aromatic N) is 2. The molecule has 3 nitrogen and oxygen atoms in total. The molecule has 2 aromatic heterocycles. The topological polar surface area (TPSA) is 21.3 Å². The summed E-state index contributed by atoms with van der Waals surface area (Å²) in [4.78, 5) is 2.31. The standard InChI is InChI=1S/C46H30N2O/c1-2-15-33(16-3-1)47(35-25-26-41-40-21-8-11-24-45(40)49-46(41)30-35)34-17-12-14-32(27-34)42-29-36(28-31-13-4-5-18-37(31)42)48-43-22-9-6-19-38(43)39-20-7-10-23-44(39)48/h1-30H. The predicted molar refractivity (Wildman–Crippen MR) is 206 cm³/mol. The molecule has 0 radical (unpaired) electrons. The van der Waals surface area contributed by atoms with Gasteiger partial charge in [-0.3, -0.25) is 0 Å². The van der Waals surface area contributed by atoms with Crippen LogP contribution in [0.15, 0.2) is 186 Å². The van der Waals surface area contributed by atoms with Gasteiger partial charge in [0.1, 0.15) is 11.2 Å². The molecular weight excluding hydrogens is 597 g/mol. The van der Waals surface area contributed by atoms with E-state index in [1.807, 2.05) is 12.1 Å². The number of hydrogen-bond donors (Lipinski definition) is 0. The van der Waals surface area contributed by atoms with Gasteiger partial charge in [-0.15, -0.1) is 0 Å². The van der Waals surface area contributed by atoms with Gasteiger partial charge in [0.25, 0.3) is 0 Å². The molecule has 0 aliphatic rings. The third-order valence-corrected chi connectivity index (χ3v) is 9.74. The van der Waals surface area contributed by atoms with Crippen LogP contribution in [-0.2, 0) is 0 Å². The maximum absolute atomic E-state index is 6.34. The molecule has 0 bridgehead atoms. The van der Waals surface area contributed by atoms with E-state index in [1.165, 1.54) is 38.1 Å². The molecule has 0 saturated carbocycles. The van der Waals surface area contributed by atoms with Gasteiger partial charge in [0.15, 0.2) is 0 Å². The lowest BCUT2D eigenvalue weighted by Crippen LogP contribution is -2.09. The van der Waals surface area contributed by atoms with Crippen molar-refractivity contribution in [1.29, 1.82) is 0 Å². The number of anilines is 3. The minimum atomic E-state index is 0.876. The second kappa shape index (κ2) is 11.0. The third kappa shape index (κ3) is 4.44. The van der Waals surface area contributed by atoms with E-state index in [0.717, 1.165) is 50.3 Å². The first kappa shape index (κ1) is 27.5. The Morgan fingerprint density at radius 1 is 0.388 bits per heavy atom. The van der Waals surface area contributed by atoms with Crippen molar-refractivity contribution in [3.63, 3.8) is 0 Å². The van der Waals surface area contributed by atoms with E-state index in [2.05, 4.69) is 179 Å². The summed E-state index contributed by atoms with van der Waals surface area (Å²) in [6, 6.07) is 65.0. The van der Waals surface area contributed by atoms with E-state index in [9.17, 15) is 0 Å². The van der Waals surface area contributed by atoms with E-state index >= 15 is 0 Å². The molecule has 10 rings (SSSR count). The molecule has 0 atom stereocenters. The fraction of sp³-hybridized carbons (Fsp3) is 0. The minimum Gasteiger partial charge on any atom is -0.456 e. The fourth-order valence-electron chi connectivity index (χ4n) is 7.55. The van der Waals surface area contributed by atoms with E-state index in [0.29, 0.717) is 0 Å². The Labute approximate surface area is 283 Å². The van der Waals surface area contributed by atoms with Gasteiger partial charge in [-0.2, -0.15) is 0 Å².